The average molecular weight is 234 g/mol. The molecule has 2 rings (SSSR count). The first kappa shape index (κ1) is 10.7. The van der Waals surface area contributed by atoms with Crippen molar-refractivity contribution >= 4 is 16.5 Å². The molecule has 0 amide bonds. The molecule has 82 valence electrons. The van der Waals surface area contributed by atoms with Crippen LogP contribution in [-0.4, -0.2) is 15.3 Å². The lowest BCUT2D eigenvalue weighted by molar-refractivity contribution is 0.474. The van der Waals surface area contributed by atoms with Crippen molar-refractivity contribution in [2.75, 3.05) is 0 Å². The monoisotopic (exact) mass is 234 g/mol. The summed E-state index contributed by atoms with van der Waals surface area (Å²) in [7, 11) is 0. The second-order valence-corrected chi connectivity index (χ2v) is 4.04. The molecule has 16 heavy (non-hydrogen) atoms. The van der Waals surface area contributed by atoms with E-state index < -0.39 is 0 Å². The van der Waals surface area contributed by atoms with Crippen molar-refractivity contribution in [2.24, 2.45) is 10.2 Å². The summed E-state index contributed by atoms with van der Waals surface area (Å²) < 4.78 is 0. The SMILES string of the molecule is Cc1cc(O)ccc1CN=Nc1nncs1. The van der Waals surface area contributed by atoms with Gasteiger partial charge >= 0.3 is 0 Å². The molecule has 0 atom stereocenters. The molecule has 0 radical (unpaired) electrons. The van der Waals surface area contributed by atoms with Crippen LogP contribution < -0.4 is 0 Å². The van der Waals surface area contributed by atoms with E-state index in [0.717, 1.165) is 11.1 Å². The third kappa shape index (κ3) is 2.60. The number of aromatic nitrogens is 2. The molecule has 1 aromatic carbocycles. The van der Waals surface area contributed by atoms with Crippen molar-refractivity contribution < 1.29 is 5.11 Å². The number of benzene rings is 1. The van der Waals surface area contributed by atoms with Crippen LogP contribution in [0.5, 0.6) is 5.75 Å². The topological polar surface area (TPSA) is 70.7 Å². The maximum absolute atomic E-state index is 9.24. The zero-order valence-electron chi connectivity index (χ0n) is 8.66. The predicted octanol–water partition coefficient (Wildman–Crippen LogP) is 2.84. The molecule has 1 aromatic heterocycles. The van der Waals surface area contributed by atoms with Gasteiger partial charge in [0.2, 0.25) is 0 Å². The molecule has 6 heteroatoms. The Hall–Kier alpha value is -1.82. The third-order valence-corrected chi connectivity index (χ3v) is 2.65. The summed E-state index contributed by atoms with van der Waals surface area (Å²) in [5, 5.41) is 25.2. The van der Waals surface area contributed by atoms with Crippen LogP contribution in [0.2, 0.25) is 0 Å². The zero-order chi connectivity index (χ0) is 11.4. The minimum Gasteiger partial charge on any atom is -0.508 e. The molecule has 0 unspecified atom stereocenters. The normalized spacial score (nSPS) is 11.1. The van der Waals surface area contributed by atoms with Crippen LogP contribution in [0.3, 0.4) is 0 Å². The van der Waals surface area contributed by atoms with Gasteiger partial charge in [-0.2, -0.15) is 5.11 Å². The Bertz CT molecular complexity index is 496. The average Bonchev–Trinajstić information content (AvgIpc) is 2.74. The van der Waals surface area contributed by atoms with Gasteiger partial charge in [0.1, 0.15) is 11.3 Å². The van der Waals surface area contributed by atoms with Crippen molar-refractivity contribution in [1.29, 1.82) is 0 Å². The molecule has 2 aromatic rings. The number of nitrogens with zero attached hydrogens (tertiary/aromatic N) is 4. The first-order valence-electron chi connectivity index (χ1n) is 4.68. The van der Waals surface area contributed by atoms with E-state index in [2.05, 4.69) is 20.4 Å². The van der Waals surface area contributed by atoms with Gasteiger partial charge < -0.3 is 5.11 Å². The van der Waals surface area contributed by atoms with E-state index in [4.69, 9.17) is 0 Å². The van der Waals surface area contributed by atoms with Gasteiger partial charge in [-0.1, -0.05) is 17.4 Å². The molecular formula is C10H10N4OS. The Morgan fingerprint density at radius 1 is 1.44 bits per heavy atom. The molecular weight excluding hydrogens is 224 g/mol. The predicted molar refractivity (Wildman–Crippen MR) is 61.0 cm³/mol. The summed E-state index contributed by atoms with van der Waals surface area (Å²) in [6.45, 7) is 2.40. The van der Waals surface area contributed by atoms with Gasteiger partial charge in [-0.25, -0.2) is 0 Å². The summed E-state index contributed by atoms with van der Waals surface area (Å²) in [5.74, 6) is 0.266. The van der Waals surface area contributed by atoms with E-state index in [1.807, 2.05) is 13.0 Å². The number of hydrogen-bond donors (Lipinski definition) is 1. The smallest absolute Gasteiger partial charge is 0.251 e. The van der Waals surface area contributed by atoms with Gasteiger partial charge in [0.05, 0.1) is 6.54 Å². The number of phenolic OH excluding ortho intramolecular Hbond substituents is 1. The minimum absolute atomic E-state index is 0.266. The molecule has 0 aliphatic carbocycles. The molecule has 1 heterocycles. The van der Waals surface area contributed by atoms with Gasteiger partial charge in [0, 0.05) is 0 Å². The number of phenols is 1. The standard InChI is InChI=1S/C10H10N4OS/c1-7-4-9(15)3-2-8(7)5-11-13-10-14-12-6-16-10/h2-4,6,15H,5H2,1H3. The summed E-state index contributed by atoms with van der Waals surface area (Å²) in [4.78, 5) is 0. The maximum Gasteiger partial charge on any atom is 0.251 e. The molecule has 0 saturated carbocycles. The lowest BCUT2D eigenvalue weighted by atomic mass is 10.1. The van der Waals surface area contributed by atoms with E-state index in [-0.39, 0.29) is 5.75 Å². The molecule has 0 spiro atoms. The summed E-state index contributed by atoms with van der Waals surface area (Å²) in [6, 6.07) is 5.18. The summed E-state index contributed by atoms with van der Waals surface area (Å²) in [5.41, 5.74) is 3.64. The molecule has 5 nitrogen and oxygen atoms in total. The van der Waals surface area contributed by atoms with Crippen LogP contribution in [0.25, 0.3) is 0 Å². The largest absolute Gasteiger partial charge is 0.508 e. The van der Waals surface area contributed by atoms with Crippen molar-refractivity contribution in [1.82, 2.24) is 10.2 Å². The molecule has 0 aliphatic rings. The summed E-state index contributed by atoms with van der Waals surface area (Å²) >= 11 is 1.34. The van der Waals surface area contributed by atoms with Crippen molar-refractivity contribution in [3.8, 4) is 5.75 Å². The van der Waals surface area contributed by atoms with E-state index in [0.29, 0.717) is 11.7 Å². The zero-order valence-corrected chi connectivity index (χ0v) is 9.48. The lowest BCUT2D eigenvalue weighted by Gasteiger charge is -2.01. The van der Waals surface area contributed by atoms with E-state index in [1.165, 1.54) is 11.3 Å². The van der Waals surface area contributed by atoms with E-state index in [1.54, 1.807) is 17.6 Å². The second kappa shape index (κ2) is 4.80. The molecule has 0 saturated heterocycles. The van der Waals surface area contributed by atoms with Crippen molar-refractivity contribution in [2.45, 2.75) is 13.5 Å². The Morgan fingerprint density at radius 2 is 2.31 bits per heavy atom. The number of azo groups is 1. The Kier molecular flexibility index (Phi) is 3.21. The minimum atomic E-state index is 0.266. The fraction of sp³-hybridized carbons (Fsp3) is 0.200. The number of aryl methyl sites for hydroxylation is 1. The lowest BCUT2D eigenvalue weighted by Crippen LogP contribution is -1.85. The highest BCUT2D eigenvalue weighted by Gasteiger charge is 1.98. The fourth-order valence-corrected chi connectivity index (χ4v) is 1.63. The Labute approximate surface area is 96.5 Å². The Balaban J connectivity index is 2.05. The molecule has 1 N–H and O–H groups in total. The molecule has 0 aliphatic heterocycles. The van der Waals surface area contributed by atoms with E-state index in [9.17, 15) is 5.11 Å². The van der Waals surface area contributed by atoms with Gasteiger partial charge in [-0.15, -0.1) is 15.3 Å². The second-order valence-electron chi connectivity index (χ2n) is 3.23. The van der Waals surface area contributed by atoms with Crippen LogP contribution in [0.15, 0.2) is 33.9 Å². The number of hydrogen-bond acceptors (Lipinski definition) is 6. The molecule has 0 fully saturated rings. The van der Waals surface area contributed by atoms with Crippen LogP contribution in [-0.2, 0) is 6.54 Å². The van der Waals surface area contributed by atoms with Gasteiger partial charge in [-0.3, -0.25) is 0 Å². The van der Waals surface area contributed by atoms with Crippen molar-refractivity contribution in [3.05, 3.63) is 34.8 Å². The van der Waals surface area contributed by atoms with Crippen LogP contribution in [0, 0.1) is 6.92 Å². The van der Waals surface area contributed by atoms with E-state index >= 15 is 0 Å². The first-order chi connectivity index (χ1) is 7.75. The van der Waals surface area contributed by atoms with Gasteiger partial charge in [0.25, 0.3) is 5.13 Å². The van der Waals surface area contributed by atoms with Gasteiger partial charge in [-0.05, 0) is 30.2 Å². The Morgan fingerprint density at radius 3 is 3.00 bits per heavy atom. The van der Waals surface area contributed by atoms with Crippen LogP contribution in [0.4, 0.5) is 5.13 Å². The van der Waals surface area contributed by atoms with Crippen LogP contribution in [0.1, 0.15) is 11.1 Å². The van der Waals surface area contributed by atoms with Crippen LogP contribution >= 0.6 is 11.3 Å². The highest BCUT2D eigenvalue weighted by molar-refractivity contribution is 7.13. The number of aromatic hydroxyl groups is 1. The summed E-state index contributed by atoms with van der Waals surface area (Å²) in [6.07, 6.45) is 0. The maximum atomic E-state index is 9.24. The quantitative estimate of drug-likeness (QED) is 0.830. The highest BCUT2D eigenvalue weighted by Crippen LogP contribution is 2.18. The first-order valence-corrected chi connectivity index (χ1v) is 5.56. The van der Waals surface area contributed by atoms with Crippen molar-refractivity contribution in [3.63, 3.8) is 0 Å². The molecule has 0 bridgehead atoms. The van der Waals surface area contributed by atoms with Gasteiger partial charge in [0.15, 0.2) is 0 Å². The fourth-order valence-electron chi connectivity index (χ4n) is 1.24. The number of rotatable bonds is 3. The third-order valence-electron chi connectivity index (χ3n) is 2.07. The highest BCUT2D eigenvalue weighted by atomic mass is 32.1.